The SMILES string of the molecule is CC(C)CCN1CCC(=O)NC(C(=O)O)C1. The monoisotopic (exact) mass is 228 g/mol. The van der Waals surface area contributed by atoms with Crippen LogP contribution in [0.15, 0.2) is 0 Å². The average Bonchev–Trinajstić information content (AvgIpc) is 2.37. The topological polar surface area (TPSA) is 69.6 Å². The van der Waals surface area contributed by atoms with Crippen molar-refractivity contribution in [3.63, 3.8) is 0 Å². The Hall–Kier alpha value is -1.10. The first-order chi connectivity index (χ1) is 7.49. The van der Waals surface area contributed by atoms with Gasteiger partial charge in [0.15, 0.2) is 0 Å². The number of carbonyl (C=O) groups excluding carboxylic acids is 1. The number of rotatable bonds is 4. The highest BCUT2D eigenvalue weighted by atomic mass is 16.4. The molecule has 2 N–H and O–H groups in total. The van der Waals surface area contributed by atoms with Crippen LogP contribution in [0.3, 0.4) is 0 Å². The maximum Gasteiger partial charge on any atom is 0.327 e. The van der Waals surface area contributed by atoms with E-state index in [9.17, 15) is 9.59 Å². The molecule has 1 fully saturated rings. The molecule has 1 unspecified atom stereocenters. The minimum atomic E-state index is -0.954. The van der Waals surface area contributed by atoms with Crippen molar-refractivity contribution < 1.29 is 14.7 Å². The fraction of sp³-hybridized carbons (Fsp3) is 0.818. The highest BCUT2D eigenvalue weighted by Gasteiger charge is 2.26. The van der Waals surface area contributed by atoms with Crippen molar-refractivity contribution in [3.05, 3.63) is 0 Å². The summed E-state index contributed by atoms with van der Waals surface area (Å²) in [7, 11) is 0. The van der Waals surface area contributed by atoms with E-state index in [4.69, 9.17) is 5.11 Å². The number of hydrogen-bond donors (Lipinski definition) is 2. The van der Waals surface area contributed by atoms with Crippen LogP contribution in [0.25, 0.3) is 0 Å². The van der Waals surface area contributed by atoms with E-state index in [1.54, 1.807) is 0 Å². The summed E-state index contributed by atoms with van der Waals surface area (Å²) in [5.41, 5.74) is 0. The summed E-state index contributed by atoms with van der Waals surface area (Å²) in [6.45, 7) is 6.19. The Kier molecular flexibility index (Phi) is 4.73. The fourth-order valence-corrected chi connectivity index (χ4v) is 1.70. The van der Waals surface area contributed by atoms with Crippen LogP contribution in [-0.4, -0.2) is 47.6 Å². The lowest BCUT2D eigenvalue weighted by Gasteiger charge is -2.22. The second kappa shape index (κ2) is 5.84. The number of amides is 1. The first-order valence-corrected chi connectivity index (χ1v) is 5.73. The molecule has 0 aromatic carbocycles. The highest BCUT2D eigenvalue weighted by molar-refractivity contribution is 5.84. The number of carboxylic acids is 1. The lowest BCUT2D eigenvalue weighted by atomic mass is 10.1. The molecule has 0 bridgehead atoms. The average molecular weight is 228 g/mol. The van der Waals surface area contributed by atoms with E-state index in [2.05, 4.69) is 24.1 Å². The van der Waals surface area contributed by atoms with Gasteiger partial charge in [0.05, 0.1) is 0 Å². The molecule has 1 rings (SSSR count). The Morgan fingerprint density at radius 1 is 1.62 bits per heavy atom. The van der Waals surface area contributed by atoms with E-state index in [1.807, 2.05) is 0 Å². The minimum absolute atomic E-state index is 0.167. The Balaban J connectivity index is 2.51. The second-order valence-corrected chi connectivity index (χ2v) is 4.69. The lowest BCUT2D eigenvalue weighted by Crippen LogP contribution is -2.45. The molecule has 1 saturated heterocycles. The van der Waals surface area contributed by atoms with Crippen molar-refractivity contribution in [1.29, 1.82) is 0 Å². The Bertz CT molecular complexity index is 266. The van der Waals surface area contributed by atoms with Gasteiger partial charge in [-0.15, -0.1) is 0 Å². The van der Waals surface area contributed by atoms with E-state index >= 15 is 0 Å². The van der Waals surface area contributed by atoms with E-state index < -0.39 is 12.0 Å². The van der Waals surface area contributed by atoms with Crippen LogP contribution in [0.1, 0.15) is 26.7 Å². The van der Waals surface area contributed by atoms with Gasteiger partial charge < -0.3 is 15.3 Å². The molecular formula is C11H20N2O3. The van der Waals surface area contributed by atoms with E-state index in [0.29, 0.717) is 25.4 Å². The molecule has 1 aliphatic rings. The van der Waals surface area contributed by atoms with Crippen LogP contribution in [-0.2, 0) is 9.59 Å². The number of hydrogen-bond acceptors (Lipinski definition) is 3. The van der Waals surface area contributed by atoms with Crippen molar-refractivity contribution in [2.45, 2.75) is 32.7 Å². The smallest absolute Gasteiger partial charge is 0.327 e. The van der Waals surface area contributed by atoms with Crippen molar-refractivity contribution in [2.24, 2.45) is 5.92 Å². The number of nitrogens with zero attached hydrogens (tertiary/aromatic N) is 1. The molecule has 92 valence electrons. The maximum atomic E-state index is 11.3. The normalized spacial score (nSPS) is 22.9. The Labute approximate surface area is 95.8 Å². The van der Waals surface area contributed by atoms with Gasteiger partial charge in [-0.25, -0.2) is 4.79 Å². The molecule has 1 aliphatic heterocycles. The van der Waals surface area contributed by atoms with Crippen molar-refractivity contribution in [3.8, 4) is 0 Å². The zero-order valence-corrected chi connectivity index (χ0v) is 9.90. The molecule has 5 nitrogen and oxygen atoms in total. The van der Waals surface area contributed by atoms with Gasteiger partial charge in [0, 0.05) is 19.5 Å². The molecule has 0 aliphatic carbocycles. The first-order valence-electron chi connectivity index (χ1n) is 5.73. The fourth-order valence-electron chi connectivity index (χ4n) is 1.70. The molecular weight excluding hydrogens is 208 g/mol. The van der Waals surface area contributed by atoms with Crippen LogP contribution >= 0.6 is 0 Å². The van der Waals surface area contributed by atoms with Crippen molar-refractivity contribution >= 4 is 11.9 Å². The van der Waals surface area contributed by atoms with Gasteiger partial charge in [0.2, 0.25) is 5.91 Å². The predicted molar refractivity (Wildman–Crippen MR) is 60.1 cm³/mol. The van der Waals surface area contributed by atoms with Gasteiger partial charge in [-0.3, -0.25) is 4.79 Å². The maximum absolute atomic E-state index is 11.3. The summed E-state index contributed by atoms with van der Waals surface area (Å²) in [5, 5.41) is 11.5. The van der Waals surface area contributed by atoms with Crippen LogP contribution in [0.2, 0.25) is 0 Å². The van der Waals surface area contributed by atoms with Gasteiger partial charge in [0.25, 0.3) is 0 Å². The standard InChI is InChI=1S/C11H20N2O3/c1-8(2)3-5-13-6-4-10(14)12-9(7-13)11(15)16/h8-9H,3-7H2,1-2H3,(H,12,14)(H,15,16). The van der Waals surface area contributed by atoms with E-state index in [-0.39, 0.29) is 5.91 Å². The zero-order valence-electron chi connectivity index (χ0n) is 9.90. The molecule has 1 amide bonds. The molecule has 1 heterocycles. The van der Waals surface area contributed by atoms with Crippen LogP contribution < -0.4 is 5.32 Å². The van der Waals surface area contributed by atoms with Crippen LogP contribution in [0.5, 0.6) is 0 Å². The molecule has 0 saturated carbocycles. The molecule has 0 spiro atoms. The highest BCUT2D eigenvalue weighted by Crippen LogP contribution is 2.06. The largest absolute Gasteiger partial charge is 0.480 e. The number of nitrogens with one attached hydrogen (secondary N) is 1. The Morgan fingerprint density at radius 3 is 2.88 bits per heavy atom. The van der Waals surface area contributed by atoms with Gasteiger partial charge in [-0.05, 0) is 18.9 Å². The summed E-state index contributed by atoms with van der Waals surface area (Å²) >= 11 is 0. The third-order valence-corrected chi connectivity index (χ3v) is 2.75. The lowest BCUT2D eigenvalue weighted by molar-refractivity contribution is -0.141. The van der Waals surface area contributed by atoms with E-state index in [0.717, 1.165) is 13.0 Å². The molecule has 1 atom stereocenters. The third kappa shape index (κ3) is 4.18. The summed E-state index contributed by atoms with van der Waals surface area (Å²) in [5.74, 6) is -0.528. The number of aliphatic carboxylic acids is 1. The third-order valence-electron chi connectivity index (χ3n) is 2.75. The van der Waals surface area contributed by atoms with E-state index in [1.165, 1.54) is 0 Å². The van der Waals surface area contributed by atoms with Gasteiger partial charge in [-0.2, -0.15) is 0 Å². The van der Waals surface area contributed by atoms with Gasteiger partial charge >= 0.3 is 5.97 Å². The quantitative estimate of drug-likeness (QED) is 0.726. The molecule has 0 radical (unpaired) electrons. The predicted octanol–water partition coefficient (Wildman–Crippen LogP) is 0.308. The van der Waals surface area contributed by atoms with Crippen molar-refractivity contribution in [2.75, 3.05) is 19.6 Å². The first kappa shape index (κ1) is 13.0. The molecule has 5 heteroatoms. The van der Waals surface area contributed by atoms with Crippen LogP contribution in [0, 0.1) is 5.92 Å². The second-order valence-electron chi connectivity index (χ2n) is 4.69. The number of carbonyl (C=O) groups is 2. The molecule has 0 aromatic heterocycles. The molecule has 16 heavy (non-hydrogen) atoms. The summed E-state index contributed by atoms with van der Waals surface area (Å²) < 4.78 is 0. The summed E-state index contributed by atoms with van der Waals surface area (Å²) in [6.07, 6.45) is 1.42. The number of carboxylic acid groups (broad SMARTS) is 1. The van der Waals surface area contributed by atoms with Gasteiger partial charge in [-0.1, -0.05) is 13.8 Å². The molecule has 0 aromatic rings. The zero-order chi connectivity index (χ0) is 12.1. The van der Waals surface area contributed by atoms with Crippen LogP contribution in [0.4, 0.5) is 0 Å². The van der Waals surface area contributed by atoms with Gasteiger partial charge in [0.1, 0.15) is 6.04 Å². The Morgan fingerprint density at radius 2 is 2.31 bits per heavy atom. The van der Waals surface area contributed by atoms with Crippen molar-refractivity contribution in [1.82, 2.24) is 10.2 Å². The minimum Gasteiger partial charge on any atom is -0.480 e. The summed E-state index contributed by atoms with van der Waals surface area (Å²) in [6, 6.07) is -0.762. The summed E-state index contributed by atoms with van der Waals surface area (Å²) in [4.78, 5) is 24.2.